The Hall–Kier alpha value is -1.97. The zero-order valence-electron chi connectivity index (χ0n) is 11.1. The summed E-state index contributed by atoms with van der Waals surface area (Å²) in [4.78, 5) is 11.4. The molecule has 0 aliphatic carbocycles. The molecule has 0 unspecified atom stereocenters. The molecule has 0 fully saturated rings. The Morgan fingerprint density at radius 3 is 2.79 bits per heavy atom. The van der Waals surface area contributed by atoms with E-state index in [1.807, 2.05) is 0 Å². The number of rotatable bonds is 7. The Morgan fingerprint density at radius 1 is 1.26 bits per heavy atom. The van der Waals surface area contributed by atoms with Crippen LogP contribution in [-0.2, 0) is 9.53 Å². The maximum absolute atomic E-state index is 11.4. The summed E-state index contributed by atoms with van der Waals surface area (Å²) in [6.07, 6.45) is 6.87. The van der Waals surface area contributed by atoms with Gasteiger partial charge in [-0.05, 0) is 18.6 Å². The van der Waals surface area contributed by atoms with Crippen molar-refractivity contribution >= 4 is 12.0 Å². The van der Waals surface area contributed by atoms with E-state index >= 15 is 0 Å². The monoisotopic (exact) mass is 264 g/mol. The van der Waals surface area contributed by atoms with Crippen molar-refractivity contribution in [3.63, 3.8) is 0 Å². The van der Waals surface area contributed by atoms with E-state index in [1.54, 1.807) is 12.1 Å². The Bertz CT molecular complexity index is 438. The van der Waals surface area contributed by atoms with Crippen molar-refractivity contribution in [1.29, 1.82) is 0 Å². The summed E-state index contributed by atoms with van der Waals surface area (Å²) in [6.45, 7) is 2.53. The average Bonchev–Trinajstić information content (AvgIpc) is 2.40. The lowest BCUT2D eigenvalue weighted by Crippen LogP contribution is -2.02. The fourth-order valence-electron chi connectivity index (χ4n) is 1.59. The van der Waals surface area contributed by atoms with Crippen molar-refractivity contribution in [3.8, 4) is 11.5 Å². The minimum absolute atomic E-state index is 0.213. The molecule has 0 atom stereocenters. The highest BCUT2D eigenvalue weighted by Crippen LogP contribution is 2.28. The standard InChI is InChI=1S/C15H20O4/c1-2-3-4-5-11-19-14(17)10-9-12-7-6-8-13(16)15(12)18/h6-10,16,18H,2-5,11H2,1H3/b10-9+. The van der Waals surface area contributed by atoms with Gasteiger partial charge >= 0.3 is 5.97 Å². The SMILES string of the molecule is CCCCCCOC(=O)/C=C/c1cccc(O)c1O. The van der Waals surface area contributed by atoms with E-state index in [-0.39, 0.29) is 11.5 Å². The molecule has 2 N–H and O–H groups in total. The van der Waals surface area contributed by atoms with Crippen LogP contribution in [0.5, 0.6) is 11.5 Å². The third-order valence-corrected chi connectivity index (χ3v) is 2.69. The topological polar surface area (TPSA) is 66.8 Å². The molecule has 0 bridgehead atoms. The molecule has 0 saturated heterocycles. The molecule has 0 spiro atoms. The normalized spacial score (nSPS) is 10.8. The number of aromatic hydroxyl groups is 2. The van der Waals surface area contributed by atoms with Gasteiger partial charge < -0.3 is 14.9 Å². The summed E-state index contributed by atoms with van der Waals surface area (Å²) in [6, 6.07) is 4.56. The number of esters is 1. The average molecular weight is 264 g/mol. The summed E-state index contributed by atoms with van der Waals surface area (Å²) >= 11 is 0. The molecule has 0 aromatic heterocycles. The van der Waals surface area contributed by atoms with Crippen molar-refractivity contribution in [2.24, 2.45) is 0 Å². The van der Waals surface area contributed by atoms with Crippen LogP contribution in [0.15, 0.2) is 24.3 Å². The molecular formula is C15H20O4. The minimum atomic E-state index is -0.445. The number of phenols is 2. The van der Waals surface area contributed by atoms with Gasteiger partial charge in [-0.15, -0.1) is 0 Å². The Morgan fingerprint density at radius 2 is 2.05 bits per heavy atom. The predicted octanol–water partition coefficient (Wildman–Crippen LogP) is 3.23. The molecule has 0 aliphatic rings. The first kappa shape index (κ1) is 15.1. The molecule has 4 heteroatoms. The lowest BCUT2D eigenvalue weighted by atomic mass is 10.1. The third-order valence-electron chi connectivity index (χ3n) is 2.69. The van der Waals surface area contributed by atoms with Crippen LogP contribution >= 0.6 is 0 Å². The fraction of sp³-hybridized carbons (Fsp3) is 0.400. The predicted molar refractivity (Wildman–Crippen MR) is 73.9 cm³/mol. The van der Waals surface area contributed by atoms with E-state index in [0.29, 0.717) is 12.2 Å². The molecule has 104 valence electrons. The van der Waals surface area contributed by atoms with Crippen LogP contribution in [0, 0.1) is 0 Å². The van der Waals surface area contributed by atoms with Gasteiger partial charge in [0.15, 0.2) is 11.5 Å². The first-order chi connectivity index (χ1) is 9.15. The summed E-state index contributed by atoms with van der Waals surface area (Å²) in [5, 5.41) is 18.8. The van der Waals surface area contributed by atoms with Gasteiger partial charge in [0.2, 0.25) is 0 Å². The van der Waals surface area contributed by atoms with Gasteiger partial charge in [0.05, 0.1) is 6.61 Å². The van der Waals surface area contributed by atoms with E-state index in [2.05, 4.69) is 6.92 Å². The van der Waals surface area contributed by atoms with E-state index in [4.69, 9.17) is 4.74 Å². The number of phenolic OH excluding ortho intramolecular Hbond substituents is 2. The first-order valence-electron chi connectivity index (χ1n) is 6.51. The van der Waals surface area contributed by atoms with E-state index in [0.717, 1.165) is 25.7 Å². The molecule has 4 nitrogen and oxygen atoms in total. The fourth-order valence-corrected chi connectivity index (χ4v) is 1.59. The Balaban J connectivity index is 2.39. The Kier molecular flexibility index (Phi) is 6.50. The molecule has 1 rings (SSSR count). The second kappa shape index (κ2) is 8.19. The lowest BCUT2D eigenvalue weighted by molar-refractivity contribution is -0.137. The first-order valence-corrected chi connectivity index (χ1v) is 6.51. The van der Waals surface area contributed by atoms with Crippen LogP contribution in [0.3, 0.4) is 0 Å². The number of hydrogen-bond donors (Lipinski definition) is 2. The molecule has 0 saturated carbocycles. The van der Waals surface area contributed by atoms with Crippen LogP contribution < -0.4 is 0 Å². The highest BCUT2D eigenvalue weighted by Gasteiger charge is 2.03. The highest BCUT2D eigenvalue weighted by molar-refractivity contribution is 5.87. The van der Waals surface area contributed by atoms with Crippen LogP contribution in [0.1, 0.15) is 38.2 Å². The molecule has 0 amide bonds. The molecule has 0 radical (unpaired) electrons. The van der Waals surface area contributed by atoms with Crippen LogP contribution in [0.2, 0.25) is 0 Å². The van der Waals surface area contributed by atoms with Gasteiger partial charge in [-0.1, -0.05) is 38.3 Å². The maximum atomic E-state index is 11.4. The molecule has 19 heavy (non-hydrogen) atoms. The minimum Gasteiger partial charge on any atom is -0.504 e. The lowest BCUT2D eigenvalue weighted by Gasteiger charge is -2.02. The largest absolute Gasteiger partial charge is 0.504 e. The summed E-state index contributed by atoms with van der Waals surface area (Å²) in [5.74, 6) is -0.899. The van der Waals surface area contributed by atoms with Crippen molar-refractivity contribution < 1.29 is 19.7 Å². The number of para-hydroxylation sites is 1. The summed E-state index contributed by atoms with van der Waals surface area (Å²) < 4.78 is 5.01. The zero-order chi connectivity index (χ0) is 14.1. The van der Waals surface area contributed by atoms with E-state index in [9.17, 15) is 15.0 Å². The second-order valence-electron chi connectivity index (χ2n) is 4.28. The van der Waals surface area contributed by atoms with Crippen LogP contribution in [0.4, 0.5) is 0 Å². The number of hydrogen-bond acceptors (Lipinski definition) is 4. The number of carbonyl (C=O) groups excluding carboxylic acids is 1. The quantitative estimate of drug-likeness (QED) is 0.343. The third kappa shape index (κ3) is 5.46. The van der Waals surface area contributed by atoms with Crippen molar-refractivity contribution in [3.05, 3.63) is 29.8 Å². The second-order valence-corrected chi connectivity index (χ2v) is 4.28. The van der Waals surface area contributed by atoms with E-state index in [1.165, 1.54) is 18.2 Å². The smallest absolute Gasteiger partial charge is 0.330 e. The number of unbranched alkanes of at least 4 members (excludes halogenated alkanes) is 3. The highest BCUT2D eigenvalue weighted by atomic mass is 16.5. The van der Waals surface area contributed by atoms with Gasteiger partial charge in [0, 0.05) is 11.6 Å². The van der Waals surface area contributed by atoms with Gasteiger partial charge in [-0.25, -0.2) is 4.79 Å². The maximum Gasteiger partial charge on any atom is 0.330 e. The number of ether oxygens (including phenoxy) is 1. The molecule has 1 aromatic carbocycles. The van der Waals surface area contributed by atoms with Crippen molar-refractivity contribution in [2.75, 3.05) is 6.61 Å². The molecule has 0 aliphatic heterocycles. The Labute approximate surface area is 113 Å². The molecular weight excluding hydrogens is 244 g/mol. The molecule has 0 heterocycles. The van der Waals surface area contributed by atoms with Gasteiger partial charge in [0.1, 0.15) is 0 Å². The van der Waals surface area contributed by atoms with Crippen molar-refractivity contribution in [1.82, 2.24) is 0 Å². The zero-order valence-corrected chi connectivity index (χ0v) is 11.1. The number of benzene rings is 1. The van der Waals surface area contributed by atoms with Gasteiger partial charge in [0.25, 0.3) is 0 Å². The van der Waals surface area contributed by atoms with Crippen LogP contribution in [-0.4, -0.2) is 22.8 Å². The van der Waals surface area contributed by atoms with Crippen LogP contribution in [0.25, 0.3) is 6.08 Å². The van der Waals surface area contributed by atoms with Gasteiger partial charge in [-0.3, -0.25) is 0 Å². The van der Waals surface area contributed by atoms with Crippen molar-refractivity contribution in [2.45, 2.75) is 32.6 Å². The van der Waals surface area contributed by atoms with E-state index < -0.39 is 5.97 Å². The van der Waals surface area contributed by atoms with Gasteiger partial charge in [-0.2, -0.15) is 0 Å². The summed E-state index contributed by atoms with van der Waals surface area (Å²) in [7, 11) is 0. The summed E-state index contributed by atoms with van der Waals surface area (Å²) in [5.41, 5.74) is 0.378. The molecule has 1 aromatic rings. The number of carbonyl (C=O) groups is 1.